The molecule has 4 heteroatoms. The summed E-state index contributed by atoms with van der Waals surface area (Å²) in [6.07, 6.45) is 1.57. The van der Waals surface area contributed by atoms with Crippen LogP contribution in [-0.4, -0.2) is 0 Å². The second-order valence-corrected chi connectivity index (χ2v) is 3.89. The van der Waals surface area contributed by atoms with Crippen molar-refractivity contribution in [2.24, 2.45) is 0 Å². The molecular formula is C11H8BrFO2. The molecule has 2 aromatic rings. The van der Waals surface area contributed by atoms with Gasteiger partial charge < -0.3 is 9.15 Å². The van der Waals surface area contributed by atoms with E-state index in [1.807, 2.05) is 0 Å². The lowest BCUT2D eigenvalue weighted by Crippen LogP contribution is -1.94. The molecule has 0 amide bonds. The topological polar surface area (TPSA) is 22.4 Å². The first-order chi connectivity index (χ1) is 7.24. The van der Waals surface area contributed by atoms with Gasteiger partial charge >= 0.3 is 0 Å². The molecule has 0 saturated heterocycles. The average Bonchev–Trinajstić information content (AvgIpc) is 2.65. The molecule has 1 aromatic carbocycles. The van der Waals surface area contributed by atoms with Crippen molar-refractivity contribution in [2.45, 2.75) is 6.61 Å². The van der Waals surface area contributed by atoms with Gasteiger partial charge in [0.1, 0.15) is 23.9 Å². The van der Waals surface area contributed by atoms with Gasteiger partial charge in [-0.1, -0.05) is 15.9 Å². The number of ether oxygens (including phenoxy) is 1. The largest absolute Gasteiger partial charge is 0.486 e. The summed E-state index contributed by atoms with van der Waals surface area (Å²) in [5, 5.41) is 0. The zero-order valence-electron chi connectivity index (χ0n) is 7.74. The van der Waals surface area contributed by atoms with Crippen molar-refractivity contribution in [1.82, 2.24) is 0 Å². The lowest BCUT2D eigenvalue weighted by Gasteiger charge is -2.04. The third-order valence-corrected chi connectivity index (χ3v) is 2.26. The first-order valence-corrected chi connectivity index (χ1v) is 5.14. The highest BCUT2D eigenvalue weighted by Crippen LogP contribution is 2.21. The Bertz CT molecular complexity index is 420. The van der Waals surface area contributed by atoms with Gasteiger partial charge in [-0.15, -0.1) is 0 Å². The lowest BCUT2D eigenvalue weighted by atomic mass is 10.3. The minimum Gasteiger partial charge on any atom is -0.486 e. The predicted octanol–water partition coefficient (Wildman–Crippen LogP) is 3.76. The van der Waals surface area contributed by atoms with Gasteiger partial charge in [0.25, 0.3) is 0 Å². The van der Waals surface area contributed by atoms with Gasteiger partial charge in [-0.3, -0.25) is 0 Å². The summed E-state index contributed by atoms with van der Waals surface area (Å²) in [5.41, 5.74) is 0. The van der Waals surface area contributed by atoms with E-state index in [1.165, 1.54) is 12.1 Å². The molecule has 0 fully saturated rings. The zero-order valence-corrected chi connectivity index (χ0v) is 9.33. The SMILES string of the molecule is Fc1cc(Br)cc(OCc2ccco2)c1. The van der Waals surface area contributed by atoms with Crippen LogP contribution in [0.1, 0.15) is 5.76 Å². The minimum atomic E-state index is -0.334. The molecule has 0 radical (unpaired) electrons. The fourth-order valence-electron chi connectivity index (χ4n) is 1.16. The predicted molar refractivity (Wildman–Crippen MR) is 57.1 cm³/mol. The van der Waals surface area contributed by atoms with Crippen molar-refractivity contribution in [1.29, 1.82) is 0 Å². The first-order valence-electron chi connectivity index (χ1n) is 4.35. The molecule has 0 N–H and O–H groups in total. The Labute approximate surface area is 94.8 Å². The molecule has 0 unspecified atom stereocenters. The van der Waals surface area contributed by atoms with Crippen molar-refractivity contribution in [2.75, 3.05) is 0 Å². The van der Waals surface area contributed by atoms with Crippen LogP contribution < -0.4 is 4.74 Å². The molecule has 0 atom stereocenters. The molecule has 15 heavy (non-hydrogen) atoms. The number of hydrogen-bond donors (Lipinski definition) is 0. The summed E-state index contributed by atoms with van der Waals surface area (Å²) in [6.45, 7) is 0.295. The van der Waals surface area contributed by atoms with E-state index in [0.717, 1.165) is 0 Å². The summed E-state index contributed by atoms with van der Waals surface area (Å²) in [4.78, 5) is 0. The second-order valence-electron chi connectivity index (χ2n) is 2.97. The number of halogens is 2. The Balaban J connectivity index is 2.05. The molecule has 0 saturated carbocycles. The van der Waals surface area contributed by atoms with E-state index < -0.39 is 0 Å². The maximum absolute atomic E-state index is 13.0. The maximum Gasteiger partial charge on any atom is 0.146 e. The van der Waals surface area contributed by atoms with Crippen molar-refractivity contribution in [3.05, 3.63) is 52.6 Å². The fourth-order valence-corrected chi connectivity index (χ4v) is 1.61. The highest BCUT2D eigenvalue weighted by molar-refractivity contribution is 9.10. The van der Waals surface area contributed by atoms with Gasteiger partial charge in [-0.25, -0.2) is 4.39 Å². The molecule has 1 aromatic heterocycles. The van der Waals surface area contributed by atoms with Crippen LogP contribution in [-0.2, 0) is 6.61 Å². The number of hydrogen-bond acceptors (Lipinski definition) is 2. The Morgan fingerprint density at radius 1 is 1.33 bits per heavy atom. The Morgan fingerprint density at radius 2 is 2.20 bits per heavy atom. The van der Waals surface area contributed by atoms with Gasteiger partial charge in [-0.05, 0) is 24.3 Å². The van der Waals surface area contributed by atoms with Crippen molar-refractivity contribution < 1.29 is 13.5 Å². The van der Waals surface area contributed by atoms with Crippen LogP contribution in [0.15, 0.2) is 45.5 Å². The molecule has 2 nitrogen and oxygen atoms in total. The van der Waals surface area contributed by atoms with Crippen LogP contribution in [0.5, 0.6) is 5.75 Å². The Morgan fingerprint density at radius 3 is 2.87 bits per heavy atom. The van der Waals surface area contributed by atoms with E-state index in [0.29, 0.717) is 22.6 Å². The van der Waals surface area contributed by atoms with Crippen LogP contribution in [0, 0.1) is 5.82 Å². The molecule has 0 bridgehead atoms. The molecule has 0 spiro atoms. The Hall–Kier alpha value is -1.29. The normalized spacial score (nSPS) is 10.3. The summed E-state index contributed by atoms with van der Waals surface area (Å²) in [7, 11) is 0. The molecular weight excluding hydrogens is 263 g/mol. The highest BCUT2D eigenvalue weighted by Gasteiger charge is 2.01. The zero-order chi connectivity index (χ0) is 10.7. The van der Waals surface area contributed by atoms with Crippen LogP contribution in [0.4, 0.5) is 4.39 Å². The number of furan rings is 1. The van der Waals surface area contributed by atoms with Crippen LogP contribution in [0.2, 0.25) is 0 Å². The fraction of sp³-hybridized carbons (Fsp3) is 0.0909. The standard InChI is InChI=1S/C11H8BrFO2/c12-8-4-9(13)6-11(5-8)15-7-10-2-1-3-14-10/h1-6H,7H2. The van der Waals surface area contributed by atoms with Crippen molar-refractivity contribution in [3.8, 4) is 5.75 Å². The first kappa shape index (κ1) is 10.2. The van der Waals surface area contributed by atoms with Gasteiger partial charge in [0, 0.05) is 10.5 Å². The van der Waals surface area contributed by atoms with Crippen molar-refractivity contribution >= 4 is 15.9 Å². The van der Waals surface area contributed by atoms with E-state index in [1.54, 1.807) is 24.5 Å². The molecule has 0 aliphatic heterocycles. The highest BCUT2D eigenvalue weighted by atomic mass is 79.9. The molecule has 78 valence electrons. The number of rotatable bonds is 3. The van der Waals surface area contributed by atoms with Crippen LogP contribution in [0.3, 0.4) is 0 Å². The third kappa shape index (κ3) is 2.83. The quantitative estimate of drug-likeness (QED) is 0.848. The van der Waals surface area contributed by atoms with E-state index >= 15 is 0 Å². The second kappa shape index (κ2) is 4.49. The minimum absolute atomic E-state index is 0.295. The molecule has 0 aliphatic carbocycles. The van der Waals surface area contributed by atoms with E-state index in [9.17, 15) is 4.39 Å². The lowest BCUT2D eigenvalue weighted by molar-refractivity contribution is 0.269. The summed E-state index contributed by atoms with van der Waals surface area (Å²) in [5.74, 6) is 0.840. The van der Waals surface area contributed by atoms with Gasteiger partial charge in [0.05, 0.1) is 6.26 Å². The summed E-state index contributed by atoms with van der Waals surface area (Å²) < 4.78 is 24.0. The Kier molecular flexibility index (Phi) is 3.06. The third-order valence-electron chi connectivity index (χ3n) is 1.80. The average molecular weight is 271 g/mol. The monoisotopic (exact) mass is 270 g/mol. The van der Waals surface area contributed by atoms with E-state index in [4.69, 9.17) is 9.15 Å². The molecule has 2 rings (SSSR count). The van der Waals surface area contributed by atoms with E-state index in [2.05, 4.69) is 15.9 Å². The van der Waals surface area contributed by atoms with Gasteiger partial charge in [-0.2, -0.15) is 0 Å². The molecule has 0 aliphatic rings. The molecule has 1 heterocycles. The maximum atomic E-state index is 13.0. The van der Waals surface area contributed by atoms with Gasteiger partial charge in [0.15, 0.2) is 0 Å². The van der Waals surface area contributed by atoms with Crippen molar-refractivity contribution in [3.63, 3.8) is 0 Å². The smallest absolute Gasteiger partial charge is 0.146 e. The summed E-state index contributed by atoms with van der Waals surface area (Å²) >= 11 is 3.19. The van der Waals surface area contributed by atoms with Gasteiger partial charge in [0.2, 0.25) is 0 Å². The van der Waals surface area contributed by atoms with E-state index in [-0.39, 0.29) is 5.82 Å². The van der Waals surface area contributed by atoms with Crippen LogP contribution in [0.25, 0.3) is 0 Å². The summed E-state index contributed by atoms with van der Waals surface area (Å²) in [6, 6.07) is 7.98. The number of benzene rings is 1. The van der Waals surface area contributed by atoms with Crippen LogP contribution >= 0.6 is 15.9 Å².